The highest BCUT2D eigenvalue weighted by molar-refractivity contribution is 5.69. The average molecular weight is 800 g/mol. The predicted octanol–water partition coefficient (Wildman–Crippen LogP) is 4.38. The van der Waals surface area contributed by atoms with Gasteiger partial charge in [-0.1, -0.05) is 45.4 Å². The number of carbonyl (C=O) groups excluding carboxylic acids is 2. The lowest BCUT2D eigenvalue weighted by atomic mass is 10.1. The standard InChI is InChI=1S/C39H77NO15/c1-5-6-7-8-9-10-11-12-37(41)54-36-35-53-34-33-52-32-31-51-30-29-50-28-27-49-26-25-48-24-23-47-22-21-46-20-19-45-18-17-44-16-15-43-14-13-40-38(42)55-39(2,3)4/h5-36H2,1-4H3,(H,40,42). The molecule has 0 fully saturated rings. The van der Waals surface area contributed by atoms with Crippen molar-refractivity contribution in [2.75, 3.05) is 159 Å². The lowest BCUT2D eigenvalue weighted by Gasteiger charge is -2.19. The van der Waals surface area contributed by atoms with Crippen LogP contribution in [0.4, 0.5) is 4.79 Å². The highest BCUT2D eigenvalue weighted by atomic mass is 16.6. The molecule has 0 spiro atoms. The molecule has 0 aromatic heterocycles. The molecular formula is C39H77NO15. The van der Waals surface area contributed by atoms with Crippen LogP contribution in [-0.2, 0) is 66.4 Å². The second kappa shape index (κ2) is 43.4. The first-order valence-corrected chi connectivity index (χ1v) is 20.3. The minimum atomic E-state index is -0.515. The van der Waals surface area contributed by atoms with Crippen LogP contribution < -0.4 is 5.32 Å². The molecule has 328 valence electrons. The number of nitrogens with one attached hydrogen (secondary N) is 1. The van der Waals surface area contributed by atoms with E-state index in [1.165, 1.54) is 32.1 Å². The van der Waals surface area contributed by atoms with E-state index in [9.17, 15) is 9.59 Å². The van der Waals surface area contributed by atoms with Gasteiger partial charge in [-0.05, 0) is 27.2 Å². The Morgan fingerprint density at radius 3 is 1.02 bits per heavy atom. The van der Waals surface area contributed by atoms with Crippen molar-refractivity contribution >= 4 is 12.1 Å². The zero-order chi connectivity index (χ0) is 40.2. The molecule has 16 nitrogen and oxygen atoms in total. The van der Waals surface area contributed by atoms with Crippen LogP contribution in [0.3, 0.4) is 0 Å². The lowest BCUT2D eigenvalue weighted by molar-refractivity contribution is -0.145. The van der Waals surface area contributed by atoms with Gasteiger partial charge in [-0.2, -0.15) is 0 Å². The van der Waals surface area contributed by atoms with E-state index in [1.807, 2.05) is 20.8 Å². The Labute approximate surface area is 331 Å². The Morgan fingerprint density at radius 2 is 0.691 bits per heavy atom. The van der Waals surface area contributed by atoms with Crippen molar-refractivity contribution in [3.8, 4) is 0 Å². The highest BCUT2D eigenvalue weighted by Gasteiger charge is 2.15. The molecular weight excluding hydrogens is 722 g/mol. The van der Waals surface area contributed by atoms with Gasteiger partial charge in [-0.25, -0.2) is 4.79 Å². The molecule has 1 amide bonds. The smallest absolute Gasteiger partial charge is 0.407 e. The van der Waals surface area contributed by atoms with E-state index < -0.39 is 11.7 Å². The summed E-state index contributed by atoms with van der Waals surface area (Å²) in [5.74, 6) is -0.145. The molecule has 0 saturated heterocycles. The second-order valence-electron chi connectivity index (χ2n) is 13.3. The van der Waals surface area contributed by atoms with Gasteiger partial charge in [0, 0.05) is 13.0 Å². The Hall–Kier alpha value is -1.70. The third kappa shape index (κ3) is 48.4. The lowest BCUT2D eigenvalue weighted by Crippen LogP contribution is -2.34. The van der Waals surface area contributed by atoms with Crippen molar-refractivity contribution in [2.45, 2.75) is 84.7 Å². The summed E-state index contributed by atoms with van der Waals surface area (Å²) < 4.78 is 70.5. The summed E-state index contributed by atoms with van der Waals surface area (Å²) >= 11 is 0. The van der Waals surface area contributed by atoms with Crippen LogP contribution in [-0.4, -0.2) is 176 Å². The quantitative estimate of drug-likeness (QED) is 0.0681. The highest BCUT2D eigenvalue weighted by Crippen LogP contribution is 2.09. The maximum atomic E-state index is 11.7. The predicted molar refractivity (Wildman–Crippen MR) is 207 cm³/mol. The minimum absolute atomic E-state index is 0.145. The van der Waals surface area contributed by atoms with E-state index in [-0.39, 0.29) is 12.6 Å². The van der Waals surface area contributed by atoms with Crippen LogP contribution in [0, 0.1) is 0 Å². The van der Waals surface area contributed by atoms with E-state index in [0.717, 1.165) is 12.8 Å². The average Bonchev–Trinajstić information content (AvgIpc) is 3.15. The van der Waals surface area contributed by atoms with E-state index in [0.29, 0.717) is 158 Å². The first kappa shape index (κ1) is 53.3. The molecule has 16 heteroatoms. The summed E-state index contributed by atoms with van der Waals surface area (Å²) in [6, 6.07) is 0. The van der Waals surface area contributed by atoms with Crippen molar-refractivity contribution in [3.63, 3.8) is 0 Å². The summed E-state index contributed by atoms with van der Waals surface area (Å²) in [5, 5.41) is 2.63. The maximum Gasteiger partial charge on any atom is 0.407 e. The largest absolute Gasteiger partial charge is 0.463 e. The number of hydrogen-bond acceptors (Lipinski definition) is 15. The van der Waals surface area contributed by atoms with Crippen LogP contribution in [0.25, 0.3) is 0 Å². The fraction of sp³-hybridized carbons (Fsp3) is 0.949. The van der Waals surface area contributed by atoms with Crippen molar-refractivity contribution in [3.05, 3.63) is 0 Å². The van der Waals surface area contributed by atoms with E-state index >= 15 is 0 Å². The van der Waals surface area contributed by atoms with E-state index in [4.69, 9.17) is 61.6 Å². The van der Waals surface area contributed by atoms with Crippen molar-refractivity contribution in [2.24, 2.45) is 0 Å². The van der Waals surface area contributed by atoms with Gasteiger partial charge in [-0.15, -0.1) is 0 Å². The molecule has 0 aromatic rings. The summed E-state index contributed by atoms with van der Waals surface area (Å²) in [6.45, 7) is 18.6. The number of esters is 1. The number of alkyl carbamates (subject to hydrolysis) is 1. The van der Waals surface area contributed by atoms with Gasteiger partial charge < -0.3 is 66.9 Å². The number of carbonyl (C=O) groups is 2. The summed E-state index contributed by atoms with van der Waals surface area (Å²) in [6.07, 6.45) is 8.31. The Bertz CT molecular complexity index is 804. The van der Waals surface area contributed by atoms with E-state index in [1.54, 1.807) is 0 Å². The third-order valence-electron chi connectivity index (χ3n) is 7.11. The first-order chi connectivity index (χ1) is 26.8. The molecule has 0 aliphatic rings. The van der Waals surface area contributed by atoms with Gasteiger partial charge in [0.05, 0.1) is 145 Å². The molecule has 0 saturated carbocycles. The van der Waals surface area contributed by atoms with E-state index in [2.05, 4.69) is 12.2 Å². The van der Waals surface area contributed by atoms with Gasteiger partial charge >= 0.3 is 12.1 Å². The molecule has 55 heavy (non-hydrogen) atoms. The van der Waals surface area contributed by atoms with Gasteiger partial charge in [-0.3, -0.25) is 4.79 Å². The SMILES string of the molecule is CCCCCCCCCC(=O)OCCOCCOCCOCCOCCOCCOCCOCCOCCOCCOCCOCCNC(=O)OC(C)(C)C. The number of hydrogen-bond donors (Lipinski definition) is 1. The summed E-state index contributed by atoms with van der Waals surface area (Å²) in [5.41, 5.74) is -0.515. The fourth-order valence-corrected chi connectivity index (χ4v) is 4.35. The van der Waals surface area contributed by atoms with Crippen molar-refractivity contribution in [1.29, 1.82) is 0 Å². The number of ether oxygens (including phenoxy) is 13. The van der Waals surface area contributed by atoms with Crippen LogP contribution in [0.15, 0.2) is 0 Å². The molecule has 0 atom stereocenters. The fourth-order valence-electron chi connectivity index (χ4n) is 4.35. The molecule has 0 radical (unpaired) electrons. The summed E-state index contributed by atoms with van der Waals surface area (Å²) in [7, 11) is 0. The molecule has 0 aliphatic carbocycles. The van der Waals surface area contributed by atoms with Crippen LogP contribution in [0.2, 0.25) is 0 Å². The normalized spacial score (nSPS) is 11.6. The maximum absolute atomic E-state index is 11.7. The van der Waals surface area contributed by atoms with Crippen LogP contribution in [0.1, 0.15) is 79.1 Å². The zero-order valence-corrected chi connectivity index (χ0v) is 34.8. The topological polar surface area (TPSA) is 166 Å². The van der Waals surface area contributed by atoms with Gasteiger partial charge in [0.25, 0.3) is 0 Å². The number of unbranched alkanes of at least 4 members (excludes halogenated alkanes) is 6. The Balaban J connectivity index is 3.13. The molecule has 0 aliphatic heterocycles. The number of amides is 1. The minimum Gasteiger partial charge on any atom is -0.463 e. The van der Waals surface area contributed by atoms with Crippen molar-refractivity contribution < 1.29 is 71.2 Å². The van der Waals surface area contributed by atoms with Crippen LogP contribution in [0.5, 0.6) is 0 Å². The Morgan fingerprint density at radius 1 is 0.400 bits per heavy atom. The third-order valence-corrected chi connectivity index (χ3v) is 7.11. The molecule has 0 rings (SSSR count). The van der Waals surface area contributed by atoms with Gasteiger partial charge in [0.15, 0.2) is 0 Å². The summed E-state index contributed by atoms with van der Waals surface area (Å²) in [4.78, 5) is 23.2. The zero-order valence-electron chi connectivity index (χ0n) is 34.8. The monoisotopic (exact) mass is 800 g/mol. The number of rotatable bonds is 44. The molecule has 0 unspecified atom stereocenters. The first-order valence-electron chi connectivity index (χ1n) is 20.3. The van der Waals surface area contributed by atoms with Gasteiger partial charge in [0.1, 0.15) is 12.2 Å². The van der Waals surface area contributed by atoms with Gasteiger partial charge in [0.2, 0.25) is 0 Å². The molecule has 1 N–H and O–H groups in total. The van der Waals surface area contributed by atoms with Crippen molar-refractivity contribution in [1.82, 2.24) is 5.32 Å². The second-order valence-corrected chi connectivity index (χ2v) is 13.3. The molecule has 0 heterocycles. The molecule has 0 aromatic carbocycles. The van der Waals surface area contributed by atoms with Crippen LogP contribution >= 0.6 is 0 Å². The Kier molecular flexibility index (Phi) is 42.1. The molecule has 0 bridgehead atoms.